The minimum Gasteiger partial charge on any atom is -0.496 e. The maximum atomic E-state index is 11.2. The number of nitrogens with zero attached hydrogens (tertiary/aromatic N) is 2. The number of hydrogen-bond acceptors (Lipinski definition) is 3. The number of methoxy groups -OCH3 is 1. The van der Waals surface area contributed by atoms with Crippen LogP contribution in [0.4, 0.5) is 0 Å². The van der Waals surface area contributed by atoms with Crippen molar-refractivity contribution in [2.24, 2.45) is 16.6 Å². The van der Waals surface area contributed by atoms with E-state index in [1.807, 2.05) is 12.1 Å². The van der Waals surface area contributed by atoms with E-state index in [4.69, 9.17) is 22.1 Å². The summed E-state index contributed by atoms with van der Waals surface area (Å²) in [5.74, 6) is 1.62. The number of nitrogens with one attached hydrogen (secondary N) is 1. The van der Waals surface area contributed by atoms with Gasteiger partial charge in [0.25, 0.3) is 0 Å². The van der Waals surface area contributed by atoms with Crippen LogP contribution in [-0.4, -0.2) is 44.0 Å². The van der Waals surface area contributed by atoms with Crippen molar-refractivity contribution in [1.82, 2.24) is 10.2 Å². The number of amides is 1. The predicted octanol–water partition coefficient (Wildman–Crippen LogP) is 2.01. The molecule has 1 aromatic carbocycles. The summed E-state index contributed by atoms with van der Waals surface area (Å²) in [5.41, 5.74) is 6.34. The maximum absolute atomic E-state index is 11.2. The van der Waals surface area contributed by atoms with Crippen molar-refractivity contribution in [2.75, 3.05) is 27.2 Å². The summed E-state index contributed by atoms with van der Waals surface area (Å²) in [4.78, 5) is 17.7. The third-order valence-electron chi connectivity index (χ3n) is 4.21. The molecule has 1 aliphatic heterocycles. The summed E-state index contributed by atoms with van der Waals surface area (Å²) in [5, 5.41) is 4.00. The van der Waals surface area contributed by atoms with Crippen LogP contribution in [-0.2, 0) is 11.3 Å². The molecule has 0 radical (unpaired) electrons. The van der Waals surface area contributed by atoms with Gasteiger partial charge in [0, 0.05) is 43.7 Å². The van der Waals surface area contributed by atoms with Crippen LogP contribution in [0.2, 0.25) is 5.02 Å². The molecule has 24 heavy (non-hydrogen) atoms. The summed E-state index contributed by atoms with van der Waals surface area (Å²) < 4.78 is 5.37. The molecule has 0 spiro atoms. The van der Waals surface area contributed by atoms with Gasteiger partial charge in [-0.05, 0) is 30.9 Å². The number of likely N-dealkylation sites (tertiary alicyclic amines) is 1. The number of benzene rings is 1. The lowest BCUT2D eigenvalue weighted by molar-refractivity contribution is -0.119. The minimum absolute atomic E-state index is 0.240. The molecule has 3 N–H and O–H groups in total. The Morgan fingerprint density at radius 2 is 2.33 bits per heavy atom. The van der Waals surface area contributed by atoms with Gasteiger partial charge in [-0.15, -0.1) is 0 Å². The molecule has 1 saturated heterocycles. The van der Waals surface area contributed by atoms with Crippen LogP contribution in [0.1, 0.15) is 24.8 Å². The summed E-state index contributed by atoms with van der Waals surface area (Å²) in [7, 11) is 3.39. The Morgan fingerprint density at radius 3 is 3.00 bits per heavy atom. The first kappa shape index (κ1) is 18.4. The fraction of sp³-hybridized carbons (Fsp3) is 0.529. The maximum Gasteiger partial charge on any atom is 0.217 e. The average Bonchev–Trinajstić information content (AvgIpc) is 2.56. The van der Waals surface area contributed by atoms with Crippen molar-refractivity contribution in [1.29, 1.82) is 0 Å². The van der Waals surface area contributed by atoms with E-state index in [9.17, 15) is 4.79 Å². The van der Waals surface area contributed by atoms with Gasteiger partial charge in [-0.25, -0.2) is 0 Å². The molecule has 132 valence electrons. The van der Waals surface area contributed by atoms with E-state index in [0.717, 1.165) is 43.2 Å². The molecule has 0 aliphatic carbocycles. The third kappa shape index (κ3) is 5.03. The van der Waals surface area contributed by atoms with Gasteiger partial charge in [-0.3, -0.25) is 9.79 Å². The van der Waals surface area contributed by atoms with Crippen LogP contribution in [0.3, 0.4) is 0 Å². The van der Waals surface area contributed by atoms with Gasteiger partial charge in [0.05, 0.1) is 7.11 Å². The van der Waals surface area contributed by atoms with Crippen molar-refractivity contribution < 1.29 is 9.53 Å². The van der Waals surface area contributed by atoms with Crippen LogP contribution in [0.15, 0.2) is 23.2 Å². The molecular formula is C17H25ClN4O2. The van der Waals surface area contributed by atoms with Gasteiger partial charge in [0.2, 0.25) is 5.91 Å². The van der Waals surface area contributed by atoms with Gasteiger partial charge in [0.15, 0.2) is 5.96 Å². The van der Waals surface area contributed by atoms with Crippen molar-refractivity contribution >= 4 is 23.5 Å². The second kappa shape index (κ2) is 8.78. The molecule has 1 aromatic rings. The largest absolute Gasteiger partial charge is 0.496 e. The number of ether oxygens (including phenoxy) is 1. The molecule has 0 saturated carbocycles. The van der Waals surface area contributed by atoms with Gasteiger partial charge in [0.1, 0.15) is 5.75 Å². The zero-order chi connectivity index (χ0) is 17.5. The molecule has 1 heterocycles. The van der Waals surface area contributed by atoms with Crippen LogP contribution in [0.5, 0.6) is 5.75 Å². The van der Waals surface area contributed by atoms with Gasteiger partial charge >= 0.3 is 0 Å². The normalized spacial score (nSPS) is 18.4. The molecule has 1 amide bonds. The van der Waals surface area contributed by atoms with E-state index < -0.39 is 0 Å². The first-order valence-electron chi connectivity index (χ1n) is 8.09. The van der Waals surface area contributed by atoms with Crippen molar-refractivity contribution in [2.45, 2.75) is 25.8 Å². The Balaban J connectivity index is 1.98. The zero-order valence-corrected chi connectivity index (χ0v) is 15.0. The number of rotatable bonds is 5. The van der Waals surface area contributed by atoms with Crippen molar-refractivity contribution in [3.05, 3.63) is 28.8 Å². The molecule has 1 unspecified atom stereocenters. The Bertz CT molecular complexity index is 606. The Hall–Kier alpha value is -1.95. The number of aliphatic imine (C=N–C) groups is 1. The van der Waals surface area contributed by atoms with Gasteiger partial charge < -0.3 is 20.7 Å². The lowest BCUT2D eigenvalue weighted by atomic mass is 9.95. The number of hydrogen-bond donors (Lipinski definition) is 2. The van der Waals surface area contributed by atoms with Crippen LogP contribution in [0, 0.1) is 5.92 Å². The fourth-order valence-corrected chi connectivity index (χ4v) is 3.24. The van der Waals surface area contributed by atoms with Gasteiger partial charge in [-0.1, -0.05) is 17.7 Å². The monoisotopic (exact) mass is 352 g/mol. The Morgan fingerprint density at radius 1 is 1.54 bits per heavy atom. The summed E-state index contributed by atoms with van der Waals surface area (Å²) in [6.45, 7) is 2.30. The molecule has 1 fully saturated rings. The Labute approximate surface area is 148 Å². The quantitative estimate of drug-likeness (QED) is 0.627. The van der Waals surface area contributed by atoms with Crippen LogP contribution < -0.4 is 15.8 Å². The number of piperidine rings is 1. The number of halogens is 1. The van der Waals surface area contributed by atoms with E-state index in [1.165, 1.54) is 0 Å². The lowest BCUT2D eigenvalue weighted by Crippen LogP contribution is -2.46. The van der Waals surface area contributed by atoms with E-state index >= 15 is 0 Å². The van der Waals surface area contributed by atoms with Crippen LogP contribution in [0.25, 0.3) is 0 Å². The van der Waals surface area contributed by atoms with Crippen molar-refractivity contribution in [3.8, 4) is 5.75 Å². The third-order valence-corrected chi connectivity index (χ3v) is 4.44. The second-order valence-corrected chi connectivity index (χ2v) is 6.42. The smallest absolute Gasteiger partial charge is 0.217 e. The fourth-order valence-electron chi connectivity index (χ4n) is 3.08. The van der Waals surface area contributed by atoms with E-state index in [-0.39, 0.29) is 5.91 Å². The molecule has 0 bridgehead atoms. The van der Waals surface area contributed by atoms with E-state index in [0.29, 0.717) is 23.9 Å². The number of nitrogens with two attached hydrogens (primary N) is 1. The Kier molecular flexibility index (Phi) is 6.73. The predicted molar refractivity (Wildman–Crippen MR) is 96.3 cm³/mol. The molecule has 6 nitrogen and oxygen atoms in total. The molecule has 2 rings (SSSR count). The molecule has 1 aliphatic rings. The minimum atomic E-state index is -0.240. The first-order chi connectivity index (χ1) is 11.5. The summed E-state index contributed by atoms with van der Waals surface area (Å²) >= 11 is 5.99. The molecule has 0 aromatic heterocycles. The average molecular weight is 353 g/mol. The number of carbonyl (C=O) groups is 1. The lowest BCUT2D eigenvalue weighted by Gasteiger charge is -2.34. The highest BCUT2D eigenvalue weighted by molar-refractivity contribution is 6.30. The molecule has 7 heteroatoms. The van der Waals surface area contributed by atoms with Crippen LogP contribution >= 0.6 is 11.6 Å². The number of primary amides is 1. The molecular weight excluding hydrogens is 328 g/mol. The second-order valence-electron chi connectivity index (χ2n) is 5.98. The topological polar surface area (TPSA) is 80.0 Å². The highest BCUT2D eigenvalue weighted by atomic mass is 35.5. The van der Waals surface area contributed by atoms with E-state index in [1.54, 1.807) is 20.2 Å². The highest BCUT2D eigenvalue weighted by Gasteiger charge is 2.23. The number of carbonyl (C=O) groups excluding carboxylic acids is 1. The zero-order valence-electron chi connectivity index (χ0n) is 14.2. The van der Waals surface area contributed by atoms with Crippen molar-refractivity contribution in [3.63, 3.8) is 0 Å². The summed E-state index contributed by atoms with van der Waals surface area (Å²) in [6, 6.07) is 5.58. The van der Waals surface area contributed by atoms with E-state index in [2.05, 4.69) is 15.2 Å². The standard InChI is InChI=1S/C17H25ClN4O2/c1-20-17(22-7-3-4-12(11-22)8-16(19)23)21-10-13-5-6-14(18)9-15(13)24-2/h5-6,9,12H,3-4,7-8,10-11H2,1-2H3,(H2,19,23)(H,20,21). The van der Waals surface area contributed by atoms with Gasteiger partial charge in [-0.2, -0.15) is 0 Å². The SMILES string of the molecule is CN=C(NCc1ccc(Cl)cc1OC)N1CCCC(CC(N)=O)C1. The first-order valence-corrected chi connectivity index (χ1v) is 8.47. The molecule has 1 atom stereocenters. The number of guanidine groups is 1. The summed E-state index contributed by atoms with van der Waals surface area (Å²) in [6.07, 6.45) is 2.49. The highest BCUT2D eigenvalue weighted by Crippen LogP contribution is 2.23.